The molecule has 0 bridgehead atoms. The van der Waals surface area contributed by atoms with E-state index in [0.717, 1.165) is 4.90 Å². The summed E-state index contributed by atoms with van der Waals surface area (Å²) >= 11 is 0. The predicted octanol–water partition coefficient (Wildman–Crippen LogP) is 3.08. The van der Waals surface area contributed by atoms with Gasteiger partial charge >= 0.3 is 6.09 Å². The molecular weight excluding hydrogens is 262 g/mol. The van der Waals surface area contributed by atoms with E-state index in [4.69, 9.17) is 9.47 Å². The van der Waals surface area contributed by atoms with Crippen molar-refractivity contribution in [2.45, 2.75) is 45.4 Å². The highest BCUT2D eigenvalue weighted by Gasteiger charge is 2.44. The maximum Gasteiger partial charge on any atom is 0.416 e. The third-order valence-corrected chi connectivity index (χ3v) is 2.96. The highest BCUT2D eigenvalue weighted by atomic mass is 16.6. The van der Waals surface area contributed by atoms with Gasteiger partial charge in [-0.1, -0.05) is 6.08 Å². The molecule has 2 N–H and O–H groups in total. The molecule has 1 amide bonds. The second kappa shape index (κ2) is 6.17. The molecular formula is C14H23NO5. The Morgan fingerprint density at radius 3 is 2.50 bits per heavy atom. The monoisotopic (exact) mass is 285 g/mol. The first-order valence-corrected chi connectivity index (χ1v) is 6.48. The van der Waals surface area contributed by atoms with Crippen LogP contribution in [0.5, 0.6) is 0 Å². The zero-order valence-corrected chi connectivity index (χ0v) is 12.4. The lowest BCUT2D eigenvalue weighted by atomic mass is 10.0. The van der Waals surface area contributed by atoms with Crippen molar-refractivity contribution in [3.05, 3.63) is 24.3 Å². The van der Waals surface area contributed by atoms with Crippen LogP contribution in [0.3, 0.4) is 0 Å². The second-order valence-corrected chi connectivity index (χ2v) is 5.74. The number of aliphatic hydroxyl groups excluding tert-OH is 1. The SMILES string of the molecule is C=CCC1CC(=C(O)O)N(C(=O)OC(C)(C)C)C1OC. The molecule has 114 valence electrons. The third-order valence-electron chi connectivity index (χ3n) is 2.96. The zero-order valence-electron chi connectivity index (χ0n) is 12.4. The van der Waals surface area contributed by atoms with E-state index < -0.39 is 23.9 Å². The Labute approximate surface area is 119 Å². The van der Waals surface area contributed by atoms with Crippen LogP contribution in [-0.2, 0) is 9.47 Å². The van der Waals surface area contributed by atoms with Crippen molar-refractivity contribution in [1.82, 2.24) is 4.90 Å². The van der Waals surface area contributed by atoms with Crippen molar-refractivity contribution in [2.24, 2.45) is 5.92 Å². The summed E-state index contributed by atoms with van der Waals surface area (Å²) in [6.45, 7) is 8.89. The number of rotatable bonds is 3. The standard InChI is InChI=1S/C14H23NO5/c1-6-7-9-8-10(12(16)17)15(11(9)19-5)13(18)20-14(2,3)4/h6,9,11,16-17H,1,7-8H2,2-5H3. The molecule has 1 heterocycles. The predicted molar refractivity (Wildman–Crippen MR) is 74.1 cm³/mol. The van der Waals surface area contributed by atoms with Crippen LogP contribution in [0.4, 0.5) is 4.79 Å². The minimum Gasteiger partial charge on any atom is -0.480 e. The van der Waals surface area contributed by atoms with E-state index in [2.05, 4.69) is 6.58 Å². The quantitative estimate of drug-likeness (QED) is 0.615. The molecule has 1 fully saturated rings. The molecule has 0 aromatic heterocycles. The van der Waals surface area contributed by atoms with Gasteiger partial charge in [0.1, 0.15) is 17.5 Å². The topological polar surface area (TPSA) is 79.2 Å². The van der Waals surface area contributed by atoms with Gasteiger partial charge in [-0.05, 0) is 27.2 Å². The number of ether oxygens (including phenoxy) is 2. The van der Waals surface area contributed by atoms with E-state index in [9.17, 15) is 15.0 Å². The Hall–Kier alpha value is -1.69. The number of nitrogens with zero attached hydrogens (tertiary/aromatic N) is 1. The zero-order chi connectivity index (χ0) is 15.5. The molecule has 1 aliphatic heterocycles. The maximum absolute atomic E-state index is 12.2. The number of allylic oxidation sites excluding steroid dienone is 2. The van der Waals surface area contributed by atoms with Gasteiger partial charge in [-0.15, -0.1) is 6.58 Å². The molecule has 0 radical (unpaired) electrons. The van der Waals surface area contributed by atoms with Crippen LogP contribution in [-0.4, -0.2) is 40.1 Å². The van der Waals surface area contributed by atoms with Gasteiger partial charge < -0.3 is 19.7 Å². The second-order valence-electron chi connectivity index (χ2n) is 5.74. The van der Waals surface area contributed by atoms with Gasteiger partial charge in [0.15, 0.2) is 0 Å². The summed E-state index contributed by atoms with van der Waals surface area (Å²) in [5.41, 5.74) is -0.569. The first kappa shape index (κ1) is 16.4. The van der Waals surface area contributed by atoms with Gasteiger partial charge in [0.25, 0.3) is 5.95 Å². The Morgan fingerprint density at radius 1 is 1.50 bits per heavy atom. The van der Waals surface area contributed by atoms with Gasteiger partial charge in [-0.25, -0.2) is 9.69 Å². The fourth-order valence-electron chi connectivity index (χ4n) is 2.25. The number of carbonyl (C=O) groups excluding carboxylic acids is 1. The summed E-state index contributed by atoms with van der Waals surface area (Å²) in [4.78, 5) is 13.4. The van der Waals surface area contributed by atoms with Gasteiger partial charge in [0.2, 0.25) is 0 Å². The van der Waals surface area contributed by atoms with Crippen molar-refractivity contribution in [1.29, 1.82) is 0 Å². The van der Waals surface area contributed by atoms with Crippen LogP contribution in [0.15, 0.2) is 24.3 Å². The molecule has 2 unspecified atom stereocenters. The minimum absolute atomic E-state index is 0.0886. The van der Waals surface area contributed by atoms with Crippen molar-refractivity contribution in [2.75, 3.05) is 7.11 Å². The minimum atomic E-state index is -0.885. The van der Waals surface area contributed by atoms with Crippen molar-refractivity contribution >= 4 is 6.09 Å². The average molecular weight is 285 g/mol. The Bertz CT molecular complexity index is 406. The largest absolute Gasteiger partial charge is 0.480 e. The van der Waals surface area contributed by atoms with E-state index in [1.807, 2.05) is 0 Å². The fraction of sp³-hybridized carbons (Fsp3) is 0.643. The van der Waals surface area contributed by atoms with E-state index in [1.165, 1.54) is 7.11 Å². The molecule has 2 atom stereocenters. The molecule has 0 aromatic rings. The lowest BCUT2D eigenvalue weighted by Crippen LogP contribution is -2.42. The molecule has 0 saturated carbocycles. The van der Waals surface area contributed by atoms with E-state index in [0.29, 0.717) is 12.8 Å². The molecule has 1 aliphatic rings. The van der Waals surface area contributed by atoms with Crippen molar-refractivity contribution in [3.63, 3.8) is 0 Å². The highest BCUT2D eigenvalue weighted by molar-refractivity contribution is 5.71. The fourth-order valence-corrected chi connectivity index (χ4v) is 2.25. The van der Waals surface area contributed by atoms with Crippen molar-refractivity contribution < 1.29 is 24.5 Å². The normalized spacial score (nSPS) is 22.8. The number of amides is 1. The van der Waals surface area contributed by atoms with E-state index in [1.54, 1.807) is 26.8 Å². The molecule has 1 saturated heterocycles. The van der Waals surface area contributed by atoms with Crippen LogP contribution in [0.2, 0.25) is 0 Å². The van der Waals surface area contributed by atoms with Crippen LogP contribution >= 0.6 is 0 Å². The molecule has 1 rings (SSSR count). The molecule has 0 aliphatic carbocycles. The van der Waals surface area contributed by atoms with E-state index >= 15 is 0 Å². The van der Waals surface area contributed by atoms with Crippen LogP contribution < -0.4 is 0 Å². The highest BCUT2D eigenvalue weighted by Crippen LogP contribution is 2.37. The Balaban J connectivity index is 3.07. The first-order chi connectivity index (χ1) is 9.21. The van der Waals surface area contributed by atoms with Crippen molar-refractivity contribution in [3.8, 4) is 0 Å². The number of hydrogen-bond donors (Lipinski definition) is 2. The van der Waals surface area contributed by atoms with Gasteiger partial charge in [0, 0.05) is 19.4 Å². The third kappa shape index (κ3) is 3.66. The molecule has 6 nitrogen and oxygen atoms in total. The molecule has 6 heteroatoms. The van der Waals surface area contributed by atoms with Gasteiger partial charge in [-0.2, -0.15) is 0 Å². The maximum atomic E-state index is 12.2. The number of carbonyl (C=O) groups is 1. The lowest BCUT2D eigenvalue weighted by molar-refractivity contribution is -0.0417. The lowest BCUT2D eigenvalue weighted by Gasteiger charge is -2.29. The number of hydrogen-bond acceptors (Lipinski definition) is 5. The smallest absolute Gasteiger partial charge is 0.416 e. The van der Waals surface area contributed by atoms with E-state index in [-0.39, 0.29) is 11.6 Å². The summed E-state index contributed by atoms with van der Waals surface area (Å²) in [6.07, 6.45) is 1.35. The van der Waals surface area contributed by atoms with Gasteiger partial charge in [-0.3, -0.25) is 0 Å². The summed E-state index contributed by atoms with van der Waals surface area (Å²) in [7, 11) is 1.47. The summed E-state index contributed by atoms with van der Waals surface area (Å²) in [6, 6.07) is 0. The first-order valence-electron chi connectivity index (χ1n) is 6.48. The van der Waals surface area contributed by atoms with Gasteiger partial charge in [0.05, 0.1) is 0 Å². The summed E-state index contributed by atoms with van der Waals surface area (Å²) < 4.78 is 10.6. The summed E-state index contributed by atoms with van der Waals surface area (Å²) in [5.74, 6) is -0.973. The molecule has 0 aromatic carbocycles. The average Bonchev–Trinajstić information content (AvgIpc) is 2.66. The summed E-state index contributed by atoms with van der Waals surface area (Å²) in [5, 5.41) is 18.7. The Kier molecular flexibility index (Phi) is 5.05. The number of methoxy groups -OCH3 is 1. The number of likely N-dealkylation sites (tertiary alicyclic amines) is 1. The van der Waals surface area contributed by atoms with Crippen LogP contribution in [0.1, 0.15) is 33.6 Å². The number of aliphatic hydroxyl groups is 2. The van der Waals surface area contributed by atoms with Crippen LogP contribution in [0.25, 0.3) is 0 Å². The molecule has 0 spiro atoms. The molecule has 20 heavy (non-hydrogen) atoms. The van der Waals surface area contributed by atoms with Crippen LogP contribution in [0, 0.1) is 5.92 Å². The Morgan fingerprint density at radius 2 is 2.10 bits per heavy atom.